The molecule has 0 amide bonds. The normalized spacial score (nSPS) is 9.23. The van der Waals surface area contributed by atoms with E-state index in [9.17, 15) is 0 Å². The molecule has 2 heterocycles. The molecule has 112 valence electrons. The summed E-state index contributed by atoms with van der Waals surface area (Å²) in [7, 11) is 0. The van der Waals surface area contributed by atoms with E-state index in [1.165, 1.54) is 0 Å². The largest absolute Gasteiger partial charge is 0.327 e. The minimum atomic E-state index is 0. The summed E-state index contributed by atoms with van der Waals surface area (Å²) in [5.74, 6) is 0.891. The average molecular weight is 333 g/mol. The fourth-order valence-corrected chi connectivity index (χ4v) is 2.07. The molecular weight excluding hydrogens is 319 g/mol. The highest BCUT2D eigenvalue weighted by molar-refractivity contribution is 5.85. The van der Waals surface area contributed by atoms with Crippen molar-refractivity contribution < 1.29 is 0 Å². The van der Waals surface area contributed by atoms with Crippen LogP contribution in [0.5, 0.6) is 0 Å². The minimum absolute atomic E-state index is 0. The van der Waals surface area contributed by atoms with E-state index in [1.807, 2.05) is 42.6 Å². The summed E-state index contributed by atoms with van der Waals surface area (Å²) >= 11 is 0. The summed E-state index contributed by atoms with van der Waals surface area (Å²) in [6, 6.07) is 13.6. The Morgan fingerprint density at radius 1 is 1.05 bits per heavy atom. The Hall–Kier alpha value is -2.35. The Bertz CT molecular complexity index is 746. The summed E-state index contributed by atoms with van der Waals surface area (Å²) in [6.07, 6.45) is 7.28. The molecular formula is C16H14Cl2N4. The second-order valence-electron chi connectivity index (χ2n) is 4.43. The van der Waals surface area contributed by atoms with Gasteiger partial charge in [0.15, 0.2) is 0 Å². The number of imidazole rings is 1. The maximum absolute atomic E-state index is 8.81. The van der Waals surface area contributed by atoms with E-state index in [0.717, 1.165) is 23.5 Å². The van der Waals surface area contributed by atoms with E-state index < -0.39 is 0 Å². The van der Waals surface area contributed by atoms with Crippen LogP contribution in [0.2, 0.25) is 0 Å². The molecule has 0 bridgehead atoms. The van der Waals surface area contributed by atoms with Crippen molar-refractivity contribution in [1.82, 2.24) is 14.5 Å². The second kappa shape index (κ2) is 8.18. The van der Waals surface area contributed by atoms with Gasteiger partial charge in [0.2, 0.25) is 0 Å². The predicted molar refractivity (Wildman–Crippen MR) is 90.2 cm³/mol. The molecule has 0 radical (unpaired) electrons. The van der Waals surface area contributed by atoms with Gasteiger partial charge in [-0.15, -0.1) is 24.8 Å². The highest BCUT2D eigenvalue weighted by Gasteiger charge is 2.06. The molecule has 0 N–H and O–H groups in total. The molecule has 0 fully saturated rings. The van der Waals surface area contributed by atoms with Crippen molar-refractivity contribution in [3.05, 3.63) is 72.3 Å². The summed E-state index contributed by atoms with van der Waals surface area (Å²) in [6.45, 7) is 0.718. The SMILES string of the molecule is Cl.Cl.N#Cc1ccc(Cn2ccnc2-c2cccnc2)cc1. The van der Waals surface area contributed by atoms with Crippen LogP contribution in [0.1, 0.15) is 11.1 Å². The molecule has 22 heavy (non-hydrogen) atoms. The number of rotatable bonds is 3. The van der Waals surface area contributed by atoms with Crippen molar-refractivity contribution in [3.8, 4) is 17.5 Å². The molecule has 0 saturated carbocycles. The van der Waals surface area contributed by atoms with E-state index in [4.69, 9.17) is 5.26 Å². The van der Waals surface area contributed by atoms with Gasteiger partial charge < -0.3 is 4.57 Å². The molecule has 2 aromatic heterocycles. The van der Waals surface area contributed by atoms with Crippen LogP contribution < -0.4 is 0 Å². The number of pyridine rings is 1. The number of nitrogens with zero attached hydrogens (tertiary/aromatic N) is 4. The van der Waals surface area contributed by atoms with Gasteiger partial charge in [0.1, 0.15) is 5.82 Å². The number of benzene rings is 1. The summed E-state index contributed by atoms with van der Waals surface area (Å²) in [4.78, 5) is 8.51. The highest BCUT2D eigenvalue weighted by Crippen LogP contribution is 2.17. The van der Waals surface area contributed by atoms with Crippen LogP contribution in [0.3, 0.4) is 0 Å². The molecule has 0 aliphatic carbocycles. The smallest absolute Gasteiger partial charge is 0.141 e. The number of hydrogen-bond donors (Lipinski definition) is 0. The Morgan fingerprint density at radius 2 is 1.82 bits per heavy atom. The number of aromatic nitrogens is 3. The Kier molecular flexibility index (Phi) is 6.58. The first-order valence-electron chi connectivity index (χ1n) is 6.27. The lowest BCUT2D eigenvalue weighted by Gasteiger charge is -2.08. The molecule has 6 heteroatoms. The maximum Gasteiger partial charge on any atom is 0.141 e. The van der Waals surface area contributed by atoms with Crippen molar-refractivity contribution in [2.45, 2.75) is 6.54 Å². The lowest BCUT2D eigenvalue weighted by atomic mass is 10.1. The first-order chi connectivity index (χ1) is 9.86. The van der Waals surface area contributed by atoms with Crippen molar-refractivity contribution >= 4 is 24.8 Å². The van der Waals surface area contributed by atoms with Gasteiger partial charge in [-0.1, -0.05) is 12.1 Å². The number of nitriles is 1. The van der Waals surface area contributed by atoms with Gasteiger partial charge in [-0.3, -0.25) is 4.98 Å². The van der Waals surface area contributed by atoms with Gasteiger partial charge in [0, 0.05) is 36.9 Å². The van der Waals surface area contributed by atoms with Gasteiger partial charge in [-0.25, -0.2) is 4.98 Å². The quantitative estimate of drug-likeness (QED) is 0.734. The zero-order chi connectivity index (χ0) is 13.8. The first kappa shape index (κ1) is 17.7. The molecule has 4 nitrogen and oxygen atoms in total. The zero-order valence-electron chi connectivity index (χ0n) is 11.6. The average Bonchev–Trinajstić information content (AvgIpc) is 2.97. The van der Waals surface area contributed by atoms with E-state index in [1.54, 1.807) is 18.6 Å². The van der Waals surface area contributed by atoms with Gasteiger partial charge in [-0.05, 0) is 29.8 Å². The van der Waals surface area contributed by atoms with Crippen LogP contribution in [0.15, 0.2) is 61.2 Å². The Morgan fingerprint density at radius 3 is 2.45 bits per heavy atom. The van der Waals surface area contributed by atoms with Gasteiger partial charge in [0.05, 0.1) is 11.6 Å². The van der Waals surface area contributed by atoms with Crippen molar-refractivity contribution in [2.24, 2.45) is 0 Å². The Labute approximate surface area is 141 Å². The van der Waals surface area contributed by atoms with E-state index in [0.29, 0.717) is 5.56 Å². The topological polar surface area (TPSA) is 54.5 Å². The molecule has 1 aromatic carbocycles. The third kappa shape index (κ3) is 3.85. The molecule has 0 unspecified atom stereocenters. The van der Waals surface area contributed by atoms with Crippen LogP contribution in [0, 0.1) is 11.3 Å². The second-order valence-corrected chi connectivity index (χ2v) is 4.43. The lowest BCUT2D eigenvalue weighted by Crippen LogP contribution is -2.01. The van der Waals surface area contributed by atoms with Crippen LogP contribution in [0.25, 0.3) is 11.4 Å². The number of hydrogen-bond acceptors (Lipinski definition) is 3. The summed E-state index contributed by atoms with van der Waals surface area (Å²) in [5.41, 5.74) is 2.80. The maximum atomic E-state index is 8.81. The van der Waals surface area contributed by atoms with Gasteiger partial charge in [0.25, 0.3) is 0 Å². The lowest BCUT2D eigenvalue weighted by molar-refractivity contribution is 0.806. The predicted octanol–water partition coefficient (Wildman–Crippen LogP) is 3.71. The Balaban J connectivity index is 0.00000121. The highest BCUT2D eigenvalue weighted by atomic mass is 35.5. The molecule has 3 aromatic rings. The fourth-order valence-electron chi connectivity index (χ4n) is 2.07. The third-order valence-corrected chi connectivity index (χ3v) is 3.07. The molecule has 3 rings (SSSR count). The van der Waals surface area contributed by atoms with E-state index in [-0.39, 0.29) is 24.8 Å². The van der Waals surface area contributed by atoms with E-state index >= 15 is 0 Å². The van der Waals surface area contributed by atoms with Crippen molar-refractivity contribution in [3.63, 3.8) is 0 Å². The fraction of sp³-hybridized carbons (Fsp3) is 0.0625. The van der Waals surface area contributed by atoms with Crippen LogP contribution in [-0.4, -0.2) is 14.5 Å². The van der Waals surface area contributed by atoms with Gasteiger partial charge >= 0.3 is 0 Å². The monoisotopic (exact) mass is 332 g/mol. The van der Waals surface area contributed by atoms with Crippen LogP contribution in [0.4, 0.5) is 0 Å². The molecule has 0 aliphatic heterocycles. The van der Waals surface area contributed by atoms with Crippen LogP contribution in [-0.2, 0) is 6.54 Å². The minimum Gasteiger partial charge on any atom is -0.327 e. The molecule has 0 saturated heterocycles. The first-order valence-corrected chi connectivity index (χ1v) is 6.27. The van der Waals surface area contributed by atoms with Crippen molar-refractivity contribution in [1.29, 1.82) is 5.26 Å². The molecule has 0 atom stereocenters. The zero-order valence-corrected chi connectivity index (χ0v) is 13.2. The van der Waals surface area contributed by atoms with Crippen LogP contribution >= 0.6 is 24.8 Å². The van der Waals surface area contributed by atoms with Crippen molar-refractivity contribution in [2.75, 3.05) is 0 Å². The van der Waals surface area contributed by atoms with E-state index in [2.05, 4.69) is 20.6 Å². The number of halogens is 2. The van der Waals surface area contributed by atoms with Gasteiger partial charge in [-0.2, -0.15) is 5.26 Å². The molecule has 0 aliphatic rings. The molecule has 0 spiro atoms. The summed E-state index contributed by atoms with van der Waals surface area (Å²) in [5, 5.41) is 8.81. The third-order valence-electron chi connectivity index (χ3n) is 3.07. The standard InChI is InChI=1S/C16H12N4.2ClH/c17-10-13-3-5-14(6-4-13)12-20-9-8-19-16(20)15-2-1-7-18-11-15;;/h1-9,11H,12H2;2*1H. The summed E-state index contributed by atoms with van der Waals surface area (Å²) < 4.78 is 2.07.